The van der Waals surface area contributed by atoms with Crippen LogP contribution in [0, 0.1) is 0 Å². The van der Waals surface area contributed by atoms with E-state index in [4.69, 9.17) is 9.47 Å². The molecule has 0 saturated heterocycles. The second kappa shape index (κ2) is 8.55. The summed E-state index contributed by atoms with van der Waals surface area (Å²) in [6, 6.07) is 13.4. The summed E-state index contributed by atoms with van der Waals surface area (Å²) in [5.74, 6) is 1.32. The van der Waals surface area contributed by atoms with Gasteiger partial charge in [-0.25, -0.2) is 0 Å². The molecule has 0 aromatic heterocycles. The molecular formula is C19H20BrNO3. The van der Waals surface area contributed by atoms with Crippen LogP contribution in [0.3, 0.4) is 0 Å². The third-order valence-corrected chi connectivity index (χ3v) is 4.08. The molecule has 1 amide bonds. The average molecular weight is 390 g/mol. The lowest BCUT2D eigenvalue weighted by Gasteiger charge is -2.15. The predicted octanol–water partition coefficient (Wildman–Crippen LogP) is 4.14. The van der Waals surface area contributed by atoms with E-state index in [0.717, 1.165) is 15.6 Å². The Morgan fingerprint density at radius 3 is 2.46 bits per heavy atom. The molecule has 126 valence electrons. The molecule has 0 aliphatic heterocycles. The van der Waals surface area contributed by atoms with Crippen molar-refractivity contribution in [3.63, 3.8) is 0 Å². The highest BCUT2D eigenvalue weighted by Crippen LogP contribution is 2.25. The first-order chi connectivity index (χ1) is 11.5. The third-order valence-electron chi connectivity index (χ3n) is 3.55. The van der Waals surface area contributed by atoms with Crippen LogP contribution in [-0.2, 0) is 11.3 Å². The molecule has 0 unspecified atom stereocenters. The molecule has 0 N–H and O–H groups in total. The van der Waals surface area contributed by atoms with Gasteiger partial charge in [-0.15, -0.1) is 0 Å². The monoisotopic (exact) mass is 389 g/mol. The Morgan fingerprint density at radius 2 is 1.83 bits per heavy atom. The van der Waals surface area contributed by atoms with Crippen LogP contribution in [0.1, 0.15) is 11.1 Å². The highest BCUT2D eigenvalue weighted by Gasteiger charge is 2.07. The molecule has 4 nitrogen and oxygen atoms in total. The summed E-state index contributed by atoms with van der Waals surface area (Å²) >= 11 is 3.40. The van der Waals surface area contributed by atoms with Gasteiger partial charge in [0.2, 0.25) is 5.91 Å². The number of halogens is 1. The molecule has 2 rings (SSSR count). The topological polar surface area (TPSA) is 38.8 Å². The van der Waals surface area contributed by atoms with Crippen LogP contribution in [-0.4, -0.2) is 32.1 Å². The largest absolute Gasteiger partial charge is 0.497 e. The number of hydrogen-bond donors (Lipinski definition) is 0. The zero-order valence-corrected chi connectivity index (χ0v) is 15.5. The fourth-order valence-electron chi connectivity index (χ4n) is 2.20. The lowest BCUT2D eigenvalue weighted by atomic mass is 10.1. The average Bonchev–Trinajstić information content (AvgIpc) is 2.61. The number of benzene rings is 2. The van der Waals surface area contributed by atoms with Crippen molar-refractivity contribution in [2.45, 2.75) is 6.54 Å². The number of ether oxygens (including phenoxy) is 2. The van der Waals surface area contributed by atoms with Crippen LogP contribution in [0.15, 0.2) is 53.0 Å². The van der Waals surface area contributed by atoms with E-state index in [9.17, 15) is 4.79 Å². The number of hydrogen-bond acceptors (Lipinski definition) is 3. The molecule has 0 spiro atoms. The Morgan fingerprint density at radius 1 is 1.12 bits per heavy atom. The highest BCUT2D eigenvalue weighted by atomic mass is 79.9. The van der Waals surface area contributed by atoms with E-state index in [0.29, 0.717) is 18.0 Å². The fourth-order valence-corrected chi connectivity index (χ4v) is 2.46. The van der Waals surface area contributed by atoms with Gasteiger partial charge in [0.05, 0.1) is 14.2 Å². The lowest BCUT2D eigenvalue weighted by Crippen LogP contribution is -2.24. The Hall–Kier alpha value is -2.27. The summed E-state index contributed by atoms with van der Waals surface area (Å²) in [6.07, 6.45) is 3.28. The molecule has 0 saturated carbocycles. The van der Waals surface area contributed by atoms with Crippen molar-refractivity contribution in [3.8, 4) is 11.5 Å². The zero-order chi connectivity index (χ0) is 17.5. The van der Waals surface area contributed by atoms with E-state index in [1.165, 1.54) is 6.08 Å². The van der Waals surface area contributed by atoms with Crippen LogP contribution >= 0.6 is 15.9 Å². The molecule has 5 heteroatoms. The van der Waals surface area contributed by atoms with E-state index >= 15 is 0 Å². The Kier molecular flexibility index (Phi) is 6.44. The Bertz CT molecular complexity index is 726. The first-order valence-corrected chi connectivity index (χ1v) is 8.22. The van der Waals surface area contributed by atoms with E-state index < -0.39 is 0 Å². The molecule has 0 aliphatic rings. The summed E-state index contributed by atoms with van der Waals surface area (Å²) in [5, 5.41) is 0. The first kappa shape index (κ1) is 18.1. The van der Waals surface area contributed by atoms with Gasteiger partial charge in [0, 0.05) is 29.7 Å². The molecule has 0 radical (unpaired) electrons. The van der Waals surface area contributed by atoms with Crippen LogP contribution in [0.4, 0.5) is 0 Å². The summed E-state index contributed by atoms with van der Waals surface area (Å²) in [4.78, 5) is 14.0. The van der Waals surface area contributed by atoms with Gasteiger partial charge >= 0.3 is 0 Å². The second-order valence-corrected chi connectivity index (χ2v) is 6.18. The maximum atomic E-state index is 12.3. The minimum atomic E-state index is -0.0807. The Balaban J connectivity index is 2.07. The van der Waals surface area contributed by atoms with E-state index in [2.05, 4.69) is 15.9 Å². The van der Waals surface area contributed by atoms with Crippen molar-refractivity contribution in [1.82, 2.24) is 4.90 Å². The van der Waals surface area contributed by atoms with E-state index in [1.807, 2.05) is 42.5 Å². The van der Waals surface area contributed by atoms with Gasteiger partial charge in [0.25, 0.3) is 0 Å². The molecule has 24 heavy (non-hydrogen) atoms. The molecule has 0 bridgehead atoms. The third kappa shape index (κ3) is 4.86. The number of amides is 1. The molecule has 0 aliphatic carbocycles. The SMILES string of the molecule is COc1ccc(OC)c(/C=C/C(=O)N(C)Cc2ccc(Br)cc2)c1. The second-order valence-electron chi connectivity index (χ2n) is 5.26. The maximum absolute atomic E-state index is 12.3. The maximum Gasteiger partial charge on any atom is 0.246 e. The normalized spacial score (nSPS) is 10.7. The van der Waals surface area contributed by atoms with Gasteiger partial charge in [0.1, 0.15) is 11.5 Å². The van der Waals surface area contributed by atoms with Crippen molar-refractivity contribution in [3.05, 3.63) is 64.1 Å². The standard InChI is InChI=1S/C19H20BrNO3/c1-21(13-14-4-7-16(20)8-5-14)19(22)11-6-15-12-17(23-2)9-10-18(15)24-3/h4-12H,13H2,1-3H3/b11-6+. The minimum absolute atomic E-state index is 0.0807. The number of carbonyl (C=O) groups excluding carboxylic acids is 1. The van der Waals surface area contributed by atoms with Gasteiger partial charge in [-0.2, -0.15) is 0 Å². The number of nitrogens with zero attached hydrogens (tertiary/aromatic N) is 1. The van der Waals surface area contributed by atoms with Crippen molar-refractivity contribution in [2.24, 2.45) is 0 Å². The predicted molar refractivity (Wildman–Crippen MR) is 99.2 cm³/mol. The number of likely N-dealkylation sites (N-methyl/N-ethyl adjacent to an activating group) is 1. The van der Waals surface area contributed by atoms with E-state index in [1.54, 1.807) is 32.2 Å². The first-order valence-electron chi connectivity index (χ1n) is 7.43. The molecule has 0 fully saturated rings. The fraction of sp³-hybridized carbons (Fsp3) is 0.211. The summed E-state index contributed by atoms with van der Waals surface area (Å²) in [7, 11) is 4.98. The quantitative estimate of drug-likeness (QED) is 0.696. The number of carbonyl (C=O) groups is 1. The van der Waals surface area contributed by atoms with Gasteiger partial charge in [-0.05, 0) is 42.0 Å². The summed E-state index contributed by atoms with van der Waals surface area (Å²) < 4.78 is 11.5. The zero-order valence-electron chi connectivity index (χ0n) is 14.0. The van der Waals surface area contributed by atoms with Crippen molar-refractivity contribution in [2.75, 3.05) is 21.3 Å². The summed E-state index contributed by atoms with van der Waals surface area (Å²) in [6.45, 7) is 0.547. The minimum Gasteiger partial charge on any atom is -0.497 e. The summed E-state index contributed by atoms with van der Waals surface area (Å²) in [5.41, 5.74) is 1.86. The van der Waals surface area contributed by atoms with Crippen molar-refractivity contribution < 1.29 is 14.3 Å². The smallest absolute Gasteiger partial charge is 0.246 e. The van der Waals surface area contributed by atoms with Gasteiger partial charge in [-0.3, -0.25) is 4.79 Å². The molecular weight excluding hydrogens is 370 g/mol. The molecule has 0 heterocycles. The number of methoxy groups -OCH3 is 2. The van der Waals surface area contributed by atoms with Crippen molar-refractivity contribution in [1.29, 1.82) is 0 Å². The lowest BCUT2D eigenvalue weighted by molar-refractivity contribution is -0.125. The van der Waals surface area contributed by atoms with E-state index in [-0.39, 0.29) is 5.91 Å². The Labute approximate surface area is 150 Å². The molecule has 2 aromatic rings. The van der Waals surface area contributed by atoms with Crippen LogP contribution in [0.2, 0.25) is 0 Å². The van der Waals surface area contributed by atoms with Crippen LogP contribution < -0.4 is 9.47 Å². The van der Waals surface area contributed by atoms with Crippen LogP contribution in [0.5, 0.6) is 11.5 Å². The number of rotatable bonds is 6. The van der Waals surface area contributed by atoms with Crippen molar-refractivity contribution >= 4 is 27.9 Å². The van der Waals surface area contributed by atoms with Crippen LogP contribution in [0.25, 0.3) is 6.08 Å². The van der Waals surface area contributed by atoms with Gasteiger partial charge in [-0.1, -0.05) is 28.1 Å². The van der Waals surface area contributed by atoms with Gasteiger partial charge in [0.15, 0.2) is 0 Å². The highest BCUT2D eigenvalue weighted by molar-refractivity contribution is 9.10. The van der Waals surface area contributed by atoms with Gasteiger partial charge < -0.3 is 14.4 Å². The molecule has 0 atom stereocenters. The molecule has 2 aromatic carbocycles.